The van der Waals surface area contributed by atoms with Crippen molar-refractivity contribution in [2.24, 2.45) is 0 Å². The first-order valence-electron chi connectivity index (χ1n) is 19.6. The van der Waals surface area contributed by atoms with E-state index in [-0.39, 0.29) is 11.9 Å². The Morgan fingerprint density at radius 3 is 1.28 bits per heavy atom. The lowest BCUT2D eigenvalue weighted by Gasteiger charge is -2.31. The maximum Gasteiger partial charge on any atom is 0.330 e. The van der Waals surface area contributed by atoms with Crippen LogP contribution in [0.25, 0.3) is 22.8 Å². The quantitative estimate of drug-likeness (QED) is 0.0352. The largest absolute Gasteiger partial charge is 0.490 e. The van der Waals surface area contributed by atoms with E-state index in [1.54, 1.807) is 24.8 Å². The molecule has 4 aromatic rings. The highest BCUT2D eigenvalue weighted by Crippen LogP contribution is 2.22. The number of benzene rings is 2. The second-order valence-electron chi connectivity index (χ2n) is 13.2. The van der Waals surface area contributed by atoms with Crippen molar-refractivity contribution < 1.29 is 47.5 Å². The minimum absolute atomic E-state index is 0.302. The Morgan fingerprint density at radius 1 is 0.552 bits per heavy atom. The molecule has 2 aromatic heterocycles. The molecule has 0 radical (unpaired) electrons. The number of carbonyl (C=O) groups is 2. The average molecular weight is 797 g/mol. The first-order valence-corrected chi connectivity index (χ1v) is 19.6. The first-order chi connectivity index (χ1) is 28.5. The van der Waals surface area contributed by atoms with Crippen LogP contribution in [-0.2, 0) is 51.2 Å². The third kappa shape index (κ3) is 15.4. The maximum atomic E-state index is 11.1. The molecule has 14 nitrogen and oxygen atoms in total. The van der Waals surface area contributed by atoms with Crippen molar-refractivity contribution in [1.29, 1.82) is 0 Å². The number of esters is 2. The van der Waals surface area contributed by atoms with Gasteiger partial charge >= 0.3 is 11.9 Å². The Labute approximate surface area is 339 Å². The molecule has 0 saturated carbocycles. The van der Waals surface area contributed by atoms with Crippen molar-refractivity contribution >= 4 is 11.9 Å². The summed E-state index contributed by atoms with van der Waals surface area (Å²) in [5.74, 6) is 1.64. The normalized spacial score (nSPS) is 15.0. The highest BCUT2D eigenvalue weighted by Gasteiger charge is 2.29. The smallest absolute Gasteiger partial charge is 0.330 e. The Morgan fingerprint density at radius 2 is 0.914 bits per heavy atom. The van der Waals surface area contributed by atoms with Gasteiger partial charge in [-0.3, -0.25) is 0 Å². The SMILES string of the molecule is C=CC(=O)OCCCCCCOc1cnc(-c2ccc(COC3OCCOC3OCc3ccc(-c4ncc(OCCCCCCOC(=O)C=C)cn4)cc3)cc2)nc1. The second-order valence-corrected chi connectivity index (χ2v) is 13.2. The molecule has 1 saturated heterocycles. The lowest BCUT2D eigenvalue weighted by atomic mass is 10.1. The van der Waals surface area contributed by atoms with Crippen LogP contribution in [0.3, 0.4) is 0 Å². The van der Waals surface area contributed by atoms with Crippen LogP contribution < -0.4 is 9.47 Å². The third-order valence-corrected chi connectivity index (χ3v) is 8.82. The molecule has 2 unspecified atom stereocenters. The van der Waals surface area contributed by atoms with Gasteiger partial charge < -0.3 is 37.9 Å². The first kappa shape index (κ1) is 43.6. The summed E-state index contributed by atoms with van der Waals surface area (Å²) >= 11 is 0. The van der Waals surface area contributed by atoms with E-state index in [4.69, 9.17) is 37.9 Å². The third-order valence-electron chi connectivity index (χ3n) is 8.82. The van der Waals surface area contributed by atoms with Gasteiger partial charge in [-0.25, -0.2) is 29.5 Å². The van der Waals surface area contributed by atoms with Gasteiger partial charge in [0.25, 0.3) is 0 Å². The molecular weight excluding hydrogens is 745 g/mol. The lowest BCUT2D eigenvalue weighted by molar-refractivity contribution is -0.326. The molecule has 308 valence electrons. The zero-order valence-electron chi connectivity index (χ0n) is 32.8. The highest BCUT2D eigenvalue weighted by molar-refractivity contribution is 5.81. The van der Waals surface area contributed by atoms with Gasteiger partial charge in [0.1, 0.15) is 0 Å². The fourth-order valence-corrected chi connectivity index (χ4v) is 5.63. The van der Waals surface area contributed by atoms with Gasteiger partial charge in [0, 0.05) is 23.3 Å². The van der Waals surface area contributed by atoms with Crippen molar-refractivity contribution in [1.82, 2.24) is 19.9 Å². The van der Waals surface area contributed by atoms with Gasteiger partial charge in [-0.05, 0) is 62.5 Å². The van der Waals surface area contributed by atoms with E-state index in [9.17, 15) is 9.59 Å². The van der Waals surface area contributed by atoms with Crippen LogP contribution in [0.15, 0.2) is 98.6 Å². The number of ether oxygens (including phenoxy) is 8. The maximum absolute atomic E-state index is 11.1. The molecule has 2 aromatic carbocycles. The topological polar surface area (TPSA) is 160 Å². The molecule has 0 spiro atoms. The number of hydrogen-bond donors (Lipinski definition) is 0. The predicted molar refractivity (Wildman–Crippen MR) is 214 cm³/mol. The van der Waals surface area contributed by atoms with Crippen LogP contribution >= 0.6 is 0 Å². The van der Waals surface area contributed by atoms with Gasteiger partial charge in [0.05, 0.1) is 77.6 Å². The number of carbonyl (C=O) groups excluding carboxylic acids is 2. The highest BCUT2D eigenvalue weighted by atomic mass is 16.8. The Kier molecular flexibility index (Phi) is 18.8. The summed E-state index contributed by atoms with van der Waals surface area (Å²) in [5.41, 5.74) is 3.64. The standard InChI is InChI=1S/C44H52N4O10/c1-3-39(49)53-23-11-7-5-9-21-51-37-27-45-41(46-28-37)35-17-13-33(14-18-35)31-57-43-44(56-26-25-55-43)58-32-34-15-19-36(20-16-34)42-47-29-38(30-48-42)52-22-10-6-8-12-24-54-40(50)4-2/h3-4,13-20,27-30,43-44H,1-2,5-12,21-26,31-32H2. The van der Waals surface area contributed by atoms with Crippen LogP contribution in [0.1, 0.15) is 62.5 Å². The van der Waals surface area contributed by atoms with Gasteiger partial charge in [-0.1, -0.05) is 61.7 Å². The van der Waals surface area contributed by atoms with E-state index in [1.165, 1.54) is 12.2 Å². The molecule has 0 amide bonds. The Bertz CT molecular complexity index is 1690. The zero-order chi connectivity index (χ0) is 40.6. The molecule has 1 aliphatic heterocycles. The minimum atomic E-state index is -0.686. The number of aromatic nitrogens is 4. The van der Waals surface area contributed by atoms with Crippen molar-refractivity contribution in [3.8, 4) is 34.3 Å². The molecule has 2 atom stereocenters. The summed E-state index contributed by atoms with van der Waals surface area (Å²) in [6.07, 6.45) is 14.9. The Hall–Kier alpha value is -5.54. The van der Waals surface area contributed by atoms with Crippen LogP contribution in [0.4, 0.5) is 0 Å². The second kappa shape index (κ2) is 25.0. The minimum Gasteiger partial charge on any atom is -0.490 e. The molecule has 0 aliphatic carbocycles. The van der Waals surface area contributed by atoms with E-state index in [0.29, 0.717) is 76.0 Å². The van der Waals surface area contributed by atoms with Crippen molar-refractivity contribution in [3.05, 3.63) is 110 Å². The number of rotatable bonds is 26. The summed E-state index contributed by atoms with van der Waals surface area (Å²) in [5, 5.41) is 0. The van der Waals surface area contributed by atoms with E-state index >= 15 is 0 Å². The van der Waals surface area contributed by atoms with Gasteiger partial charge in [0.2, 0.25) is 12.6 Å². The van der Waals surface area contributed by atoms with E-state index in [2.05, 4.69) is 33.1 Å². The number of hydrogen-bond acceptors (Lipinski definition) is 14. The summed E-state index contributed by atoms with van der Waals surface area (Å²) < 4.78 is 45.4. The predicted octanol–water partition coefficient (Wildman–Crippen LogP) is 7.37. The molecular formula is C44H52N4O10. The van der Waals surface area contributed by atoms with Gasteiger partial charge in [0.15, 0.2) is 23.1 Å². The molecule has 1 aliphatic rings. The van der Waals surface area contributed by atoms with Crippen LogP contribution in [-0.4, -0.2) is 84.1 Å². The van der Waals surface area contributed by atoms with Gasteiger partial charge in [-0.15, -0.1) is 0 Å². The molecule has 1 fully saturated rings. The fourth-order valence-electron chi connectivity index (χ4n) is 5.63. The number of nitrogens with zero attached hydrogens (tertiary/aromatic N) is 4. The fraction of sp³-hybridized carbons (Fsp3) is 0.409. The molecule has 0 N–H and O–H groups in total. The van der Waals surface area contributed by atoms with E-state index < -0.39 is 12.6 Å². The van der Waals surface area contributed by atoms with Crippen molar-refractivity contribution in [2.45, 2.75) is 77.2 Å². The number of unbranched alkanes of at least 4 members (excludes halogenated alkanes) is 6. The molecule has 3 heterocycles. The van der Waals surface area contributed by atoms with Crippen LogP contribution in [0, 0.1) is 0 Å². The summed E-state index contributed by atoms with van der Waals surface area (Å²) in [7, 11) is 0. The lowest BCUT2D eigenvalue weighted by Crippen LogP contribution is -2.41. The monoisotopic (exact) mass is 796 g/mol. The molecule has 5 rings (SSSR count). The van der Waals surface area contributed by atoms with Crippen LogP contribution in [0.5, 0.6) is 11.5 Å². The zero-order valence-corrected chi connectivity index (χ0v) is 32.8. The molecule has 0 bridgehead atoms. The summed E-state index contributed by atoms with van der Waals surface area (Å²) in [4.78, 5) is 40.0. The van der Waals surface area contributed by atoms with Crippen molar-refractivity contribution in [2.75, 3.05) is 39.6 Å². The van der Waals surface area contributed by atoms with Crippen LogP contribution in [0.2, 0.25) is 0 Å². The summed E-state index contributed by atoms with van der Waals surface area (Å²) in [6, 6.07) is 15.6. The summed E-state index contributed by atoms with van der Waals surface area (Å²) in [6.45, 7) is 10.1. The van der Waals surface area contributed by atoms with Crippen molar-refractivity contribution in [3.63, 3.8) is 0 Å². The Balaban J connectivity index is 0.975. The average Bonchev–Trinajstić information content (AvgIpc) is 3.27. The molecule has 14 heteroatoms. The van der Waals surface area contributed by atoms with E-state index in [1.807, 2.05) is 48.5 Å². The molecule has 58 heavy (non-hydrogen) atoms. The van der Waals surface area contributed by atoms with Gasteiger partial charge in [-0.2, -0.15) is 0 Å². The van der Waals surface area contributed by atoms with E-state index in [0.717, 1.165) is 73.6 Å².